The number of rotatable bonds is 5. The SMILES string of the molecule is CCC(C)n1cc(CC(=O)Nc2nc(C(C)(C)C)cs2)c2cc(Cl)ccc21. The molecule has 0 bridgehead atoms. The number of aromatic nitrogens is 2. The van der Waals surface area contributed by atoms with Gasteiger partial charge in [-0.15, -0.1) is 11.3 Å². The summed E-state index contributed by atoms with van der Waals surface area (Å²) in [6.45, 7) is 10.7. The van der Waals surface area contributed by atoms with Crippen molar-refractivity contribution in [2.75, 3.05) is 5.32 Å². The van der Waals surface area contributed by atoms with Crippen molar-refractivity contribution in [1.29, 1.82) is 0 Å². The van der Waals surface area contributed by atoms with Crippen molar-refractivity contribution in [2.24, 2.45) is 0 Å². The Morgan fingerprint density at radius 3 is 2.74 bits per heavy atom. The van der Waals surface area contributed by atoms with Crippen LogP contribution in [0.3, 0.4) is 0 Å². The van der Waals surface area contributed by atoms with Gasteiger partial charge in [0.25, 0.3) is 0 Å². The van der Waals surface area contributed by atoms with E-state index in [0.29, 0.717) is 22.6 Å². The van der Waals surface area contributed by atoms with Gasteiger partial charge in [-0.2, -0.15) is 0 Å². The van der Waals surface area contributed by atoms with E-state index in [0.717, 1.165) is 28.6 Å². The molecule has 0 aliphatic carbocycles. The molecule has 144 valence electrons. The Hall–Kier alpha value is -1.85. The molecule has 0 saturated carbocycles. The second-order valence-corrected chi connectivity index (χ2v) is 9.29. The van der Waals surface area contributed by atoms with Crippen molar-refractivity contribution in [3.05, 3.63) is 46.1 Å². The Kier molecular flexibility index (Phi) is 5.63. The van der Waals surface area contributed by atoms with Crippen LogP contribution in [-0.4, -0.2) is 15.5 Å². The molecule has 2 aromatic heterocycles. The van der Waals surface area contributed by atoms with Gasteiger partial charge in [-0.1, -0.05) is 39.3 Å². The van der Waals surface area contributed by atoms with Crippen LogP contribution in [0.25, 0.3) is 10.9 Å². The third-order valence-electron chi connectivity index (χ3n) is 4.81. The predicted molar refractivity (Wildman–Crippen MR) is 115 cm³/mol. The maximum Gasteiger partial charge on any atom is 0.230 e. The van der Waals surface area contributed by atoms with Crippen LogP contribution in [-0.2, 0) is 16.6 Å². The quantitative estimate of drug-likeness (QED) is 0.551. The van der Waals surface area contributed by atoms with Gasteiger partial charge in [0.1, 0.15) is 0 Å². The maximum atomic E-state index is 12.6. The number of nitrogens with zero attached hydrogens (tertiary/aromatic N) is 2. The molecule has 0 aliphatic heterocycles. The number of carbonyl (C=O) groups excluding carboxylic acids is 1. The highest BCUT2D eigenvalue weighted by molar-refractivity contribution is 7.13. The van der Waals surface area contributed by atoms with E-state index >= 15 is 0 Å². The molecule has 2 heterocycles. The first kappa shape index (κ1) is 19.9. The fraction of sp³-hybridized carbons (Fsp3) is 0.429. The van der Waals surface area contributed by atoms with Gasteiger partial charge in [0.05, 0.1) is 12.1 Å². The predicted octanol–water partition coefficient (Wildman–Crippen LogP) is 6.20. The van der Waals surface area contributed by atoms with Gasteiger partial charge < -0.3 is 9.88 Å². The molecular formula is C21H26ClN3OS. The van der Waals surface area contributed by atoms with Crippen LogP contribution in [0.15, 0.2) is 29.8 Å². The minimum absolute atomic E-state index is 0.0278. The number of hydrogen-bond donors (Lipinski definition) is 1. The molecule has 1 unspecified atom stereocenters. The molecule has 0 radical (unpaired) electrons. The highest BCUT2D eigenvalue weighted by atomic mass is 35.5. The Labute approximate surface area is 169 Å². The van der Waals surface area contributed by atoms with Gasteiger partial charge in [0.15, 0.2) is 5.13 Å². The standard InChI is InChI=1S/C21H26ClN3OS/c1-6-13(2)25-11-14(16-10-15(22)7-8-17(16)25)9-19(26)24-20-23-18(12-27-20)21(3,4)5/h7-8,10-13H,6,9H2,1-5H3,(H,23,24,26). The molecule has 0 fully saturated rings. The van der Waals surface area contributed by atoms with E-state index in [4.69, 9.17) is 11.6 Å². The summed E-state index contributed by atoms with van der Waals surface area (Å²) in [5, 5.41) is 7.31. The van der Waals surface area contributed by atoms with E-state index in [1.807, 2.05) is 23.6 Å². The number of benzene rings is 1. The van der Waals surface area contributed by atoms with Crippen LogP contribution in [0.1, 0.15) is 58.3 Å². The van der Waals surface area contributed by atoms with Gasteiger partial charge >= 0.3 is 0 Å². The second kappa shape index (κ2) is 7.64. The van der Waals surface area contributed by atoms with Gasteiger partial charge in [-0.3, -0.25) is 4.79 Å². The first-order chi connectivity index (χ1) is 12.7. The van der Waals surface area contributed by atoms with Crippen molar-refractivity contribution < 1.29 is 4.79 Å². The summed E-state index contributed by atoms with van der Waals surface area (Å²) in [4.78, 5) is 17.2. The van der Waals surface area contributed by atoms with Crippen molar-refractivity contribution >= 4 is 44.9 Å². The summed E-state index contributed by atoms with van der Waals surface area (Å²) in [7, 11) is 0. The molecule has 1 aromatic carbocycles. The summed E-state index contributed by atoms with van der Waals surface area (Å²) in [6.07, 6.45) is 3.40. The maximum absolute atomic E-state index is 12.6. The molecule has 0 spiro atoms. The third kappa shape index (κ3) is 4.36. The lowest BCUT2D eigenvalue weighted by atomic mass is 9.93. The van der Waals surface area contributed by atoms with E-state index in [1.54, 1.807) is 0 Å². The molecule has 27 heavy (non-hydrogen) atoms. The largest absolute Gasteiger partial charge is 0.344 e. The molecule has 6 heteroatoms. The van der Waals surface area contributed by atoms with Crippen LogP contribution in [0.5, 0.6) is 0 Å². The molecule has 1 atom stereocenters. The Morgan fingerprint density at radius 2 is 2.11 bits per heavy atom. The van der Waals surface area contributed by atoms with Gasteiger partial charge in [0, 0.05) is 39.0 Å². The lowest BCUT2D eigenvalue weighted by Gasteiger charge is -2.14. The first-order valence-electron chi connectivity index (χ1n) is 9.24. The monoisotopic (exact) mass is 403 g/mol. The summed E-state index contributed by atoms with van der Waals surface area (Å²) < 4.78 is 2.23. The third-order valence-corrected chi connectivity index (χ3v) is 5.81. The van der Waals surface area contributed by atoms with E-state index in [1.165, 1.54) is 11.3 Å². The topological polar surface area (TPSA) is 46.9 Å². The minimum Gasteiger partial charge on any atom is -0.344 e. The van der Waals surface area contributed by atoms with Crippen molar-refractivity contribution in [3.8, 4) is 0 Å². The summed E-state index contributed by atoms with van der Waals surface area (Å²) in [6, 6.07) is 6.23. The van der Waals surface area contributed by atoms with Crippen LogP contribution in [0.4, 0.5) is 5.13 Å². The molecular weight excluding hydrogens is 378 g/mol. The number of carbonyl (C=O) groups is 1. The Bertz CT molecular complexity index is 968. The molecule has 1 N–H and O–H groups in total. The first-order valence-corrected chi connectivity index (χ1v) is 10.5. The Balaban J connectivity index is 1.84. The lowest BCUT2D eigenvalue weighted by Crippen LogP contribution is -2.15. The molecule has 4 nitrogen and oxygen atoms in total. The van der Waals surface area contributed by atoms with E-state index in [-0.39, 0.29) is 11.3 Å². The number of hydrogen-bond acceptors (Lipinski definition) is 3. The van der Waals surface area contributed by atoms with Crippen molar-refractivity contribution in [1.82, 2.24) is 9.55 Å². The number of nitrogens with one attached hydrogen (secondary N) is 1. The average molecular weight is 404 g/mol. The van der Waals surface area contributed by atoms with Crippen LogP contribution < -0.4 is 5.32 Å². The van der Waals surface area contributed by atoms with Crippen LogP contribution in [0.2, 0.25) is 5.02 Å². The molecule has 1 amide bonds. The normalized spacial score (nSPS) is 13.1. The lowest BCUT2D eigenvalue weighted by molar-refractivity contribution is -0.115. The average Bonchev–Trinajstić information content (AvgIpc) is 3.19. The smallest absolute Gasteiger partial charge is 0.230 e. The minimum atomic E-state index is -0.0620. The fourth-order valence-corrected chi connectivity index (χ4v) is 4.14. The highest BCUT2D eigenvalue weighted by Crippen LogP contribution is 2.30. The number of amides is 1. The van der Waals surface area contributed by atoms with Gasteiger partial charge in [-0.25, -0.2) is 4.98 Å². The highest BCUT2D eigenvalue weighted by Gasteiger charge is 2.19. The zero-order valence-corrected chi connectivity index (χ0v) is 18.0. The van der Waals surface area contributed by atoms with Crippen LogP contribution >= 0.6 is 22.9 Å². The zero-order valence-electron chi connectivity index (χ0n) is 16.5. The van der Waals surface area contributed by atoms with Gasteiger partial charge in [0.2, 0.25) is 5.91 Å². The number of anilines is 1. The van der Waals surface area contributed by atoms with E-state index < -0.39 is 0 Å². The summed E-state index contributed by atoms with van der Waals surface area (Å²) in [5.74, 6) is -0.0620. The molecule has 3 aromatic rings. The molecule has 3 rings (SSSR count). The van der Waals surface area contributed by atoms with Crippen molar-refractivity contribution in [2.45, 2.75) is 58.9 Å². The number of thiazole rings is 1. The fourth-order valence-electron chi connectivity index (χ4n) is 3.01. The Morgan fingerprint density at radius 1 is 1.37 bits per heavy atom. The van der Waals surface area contributed by atoms with Gasteiger partial charge in [-0.05, 0) is 37.1 Å². The second-order valence-electron chi connectivity index (χ2n) is 7.99. The van der Waals surface area contributed by atoms with E-state index in [2.05, 4.69) is 55.7 Å². The van der Waals surface area contributed by atoms with Crippen LogP contribution in [0, 0.1) is 0 Å². The van der Waals surface area contributed by atoms with E-state index in [9.17, 15) is 4.79 Å². The number of halogens is 1. The number of fused-ring (bicyclic) bond motifs is 1. The molecule has 0 aliphatic rings. The summed E-state index contributed by atoms with van der Waals surface area (Å²) >= 11 is 7.67. The van der Waals surface area contributed by atoms with Crippen molar-refractivity contribution in [3.63, 3.8) is 0 Å². The zero-order chi connectivity index (χ0) is 19.8. The summed E-state index contributed by atoms with van der Waals surface area (Å²) in [5.41, 5.74) is 3.06. The molecule has 0 saturated heterocycles.